The molecule has 0 aliphatic rings. The van der Waals surface area contributed by atoms with Gasteiger partial charge in [-0.3, -0.25) is 9.71 Å². The first kappa shape index (κ1) is 15.9. The summed E-state index contributed by atoms with van der Waals surface area (Å²) in [6.07, 6.45) is 6.14. The molecule has 3 rings (SSSR count). The molecule has 1 aromatic carbocycles. The summed E-state index contributed by atoms with van der Waals surface area (Å²) >= 11 is 7.53. The van der Waals surface area contributed by atoms with Crippen LogP contribution in [0, 0.1) is 0 Å². The van der Waals surface area contributed by atoms with Gasteiger partial charge in [0.05, 0.1) is 11.1 Å². The molecule has 5 nitrogen and oxygen atoms in total. The first-order valence-electron chi connectivity index (χ1n) is 6.57. The molecule has 0 aliphatic carbocycles. The fourth-order valence-electron chi connectivity index (χ4n) is 2.11. The van der Waals surface area contributed by atoms with Crippen LogP contribution < -0.4 is 4.72 Å². The molecule has 0 fully saturated rings. The minimum atomic E-state index is -3.35. The largest absolute Gasteiger partial charge is 0.264 e. The molecular weight excluding hydrogens is 354 g/mol. The van der Waals surface area contributed by atoms with E-state index in [9.17, 15) is 8.42 Å². The number of halogens is 1. The number of anilines is 1. The lowest BCUT2D eigenvalue weighted by atomic mass is 10.0. The van der Waals surface area contributed by atoms with Crippen LogP contribution >= 0.6 is 22.9 Å². The Labute approximate surface area is 143 Å². The number of pyridine rings is 1. The number of thiazole rings is 1. The third-order valence-electron chi connectivity index (χ3n) is 3.03. The maximum atomic E-state index is 11.3. The van der Waals surface area contributed by atoms with E-state index in [1.54, 1.807) is 18.6 Å². The average Bonchev–Trinajstić information content (AvgIpc) is 2.94. The predicted molar refractivity (Wildman–Crippen MR) is 94.3 cm³/mol. The van der Waals surface area contributed by atoms with Gasteiger partial charge in [-0.25, -0.2) is 13.4 Å². The van der Waals surface area contributed by atoms with E-state index in [1.165, 1.54) is 11.3 Å². The predicted octanol–water partition coefficient (Wildman–Crippen LogP) is 3.90. The van der Waals surface area contributed by atoms with Crippen molar-refractivity contribution in [2.75, 3.05) is 11.0 Å². The number of sulfonamides is 1. The van der Waals surface area contributed by atoms with E-state index in [0.717, 1.165) is 27.8 Å². The van der Waals surface area contributed by atoms with Gasteiger partial charge in [0, 0.05) is 40.3 Å². The van der Waals surface area contributed by atoms with Crippen LogP contribution in [0.2, 0.25) is 5.02 Å². The molecule has 2 aromatic heterocycles. The lowest BCUT2D eigenvalue weighted by Crippen LogP contribution is -2.08. The second-order valence-corrected chi connectivity index (χ2v) is 7.99. The maximum absolute atomic E-state index is 11.3. The molecule has 1 N–H and O–H groups in total. The Bertz CT molecular complexity index is 955. The third kappa shape index (κ3) is 3.69. The van der Waals surface area contributed by atoms with Crippen LogP contribution in [0.25, 0.3) is 21.6 Å². The number of nitrogens with zero attached hydrogens (tertiary/aromatic N) is 2. The zero-order chi connectivity index (χ0) is 16.4. The van der Waals surface area contributed by atoms with E-state index in [-0.39, 0.29) is 0 Å². The summed E-state index contributed by atoms with van der Waals surface area (Å²) in [5.41, 5.74) is 2.63. The highest BCUT2D eigenvalue weighted by Gasteiger charge is 2.14. The lowest BCUT2D eigenvalue weighted by Gasteiger charge is -2.08. The number of benzene rings is 1. The van der Waals surface area contributed by atoms with Gasteiger partial charge in [-0.15, -0.1) is 0 Å². The average molecular weight is 366 g/mol. The summed E-state index contributed by atoms with van der Waals surface area (Å²) in [6, 6.07) is 9.36. The van der Waals surface area contributed by atoms with E-state index in [0.29, 0.717) is 10.2 Å². The van der Waals surface area contributed by atoms with E-state index in [4.69, 9.17) is 11.6 Å². The second kappa shape index (κ2) is 6.27. The number of hydrogen-bond acceptors (Lipinski definition) is 5. The number of aromatic nitrogens is 2. The van der Waals surface area contributed by atoms with Crippen molar-refractivity contribution in [3.8, 4) is 21.6 Å². The van der Waals surface area contributed by atoms with Crippen molar-refractivity contribution in [3.05, 3.63) is 53.9 Å². The van der Waals surface area contributed by atoms with Crippen LogP contribution in [0.5, 0.6) is 0 Å². The minimum Gasteiger partial charge on any atom is -0.264 e. The maximum Gasteiger partial charge on any atom is 0.231 e. The van der Waals surface area contributed by atoms with E-state index < -0.39 is 10.0 Å². The summed E-state index contributed by atoms with van der Waals surface area (Å²) < 4.78 is 25.0. The molecule has 0 atom stereocenters. The molecule has 0 unspecified atom stereocenters. The summed E-state index contributed by atoms with van der Waals surface area (Å²) in [7, 11) is -3.35. The zero-order valence-electron chi connectivity index (χ0n) is 12.0. The van der Waals surface area contributed by atoms with Gasteiger partial charge < -0.3 is 0 Å². The van der Waals surface area contributed by atoms with Crippen LogP contribution in [0.4, 0.5) is 5.13 Å². The topological polar surface area (TPSA) is 72.0 Å². The van der Waals surface area contributed by atoms with Crippen molar-refractivity contribution in [2.45, 2.75) is 0 Å². The van der Waals surface area contributed by atoms with Crippen LogP contribution in [0.1, 0.15) is 0 Å². The molecule has 23 heavy (non-hydrogen) atoms. The van der Waals surface area contributed by atoms with Crippen LogP contribution in [-0.2, 0) is 10.0 Å². The fraction of sp³-hybridized carbons (Fsp3) is 0.0667. The normalized spacial score (nSPS) is 11.4. The van der Waals surface area contributed by atoms with Crippen molar-refractivity contribution >= 4 is 38.1 Å². The number of hydrogen-bond donors (Lipinski definition) is 1. The van der Waals surface area contributed by atoms with Gasteiger partial charge in [-0.2, -0.15) is 0 Å². The zero-order valence-corrected chi connectivity index (χ0v) is 14.4. The highest BCUT2D eigenvalue weighted by Crippen LogP contribution is 2.38. The molecule has 0 amide bonds. The Morgan fingerprint density at radius 1 is 1.09 bits per heavy atom. The van der Waals surface area contributed by atoms with Crippen molar-refractivity contribution in [3.63, 3.8) is 0 Å². The van der Waals surface area contributed by atoms with Gasteiger partial charge in [0.25, 0.3) is 0 Å². The highest BCUT2D eigenvalue weighted by molar-refractivity contribution is 7.92. The molecule has 0 aliphatic heterocycles. The number of rotatable bonds is 4. The Morgan fingerprint density at radius 3 is 2.61 bits per heavy atom. The van der Waals surface area contributed by atoms with Gasteiger partial charge >= 0.3 is 0 Å². The molecule has 8 heteroatoms. The Hall–Kier alpha value is -1.96. The van der Waals surface area contributed by atoms with E-state index in [2.05, 4.69) is 14.7 Å². The Morgan fingerprint density at radius 2 is 1.87 bits per heavy atom. The van der Waals surface area contributed by atoms with Gasteiger partial charge in [0.2, 0.25) is 10.0 Å². The monoisotopic (exact) mass is 365 g/mol. The molecule has 0 bridgehead atoms. The van der Waals surface area contributed by atoms with Crippen molar-refractivity contribution in [2.24, 2.45) is 0 Å². The smallest absolute Gasteiger partial charge is 0.231 e. The standard InChI is InChI=1S/C15H12ClN3O2S2/c1-23(20,21)19-15-18-9-14(22-15)11-6-7-17-8-12(11)10-4-2-3-5-13(10)16/h2-9H,1H3,(H,18,19). The SMILES string of the molecule is CS(=O)(=O)Nc1ncc(-c2ccncc2-c2ccccc2Cl)s1. The summed E-state index contributed by atoms with van der Waals surface area (Å²) in [4.78, 5) is 9.11. The molecule has 2 heterocycles. The molecule has 0 saturated carbocycles. The van der Waals surface area contributed by atoms with Gasteiger partial charge in [0.15, 0.2) is 5.13 Å². The number of nitrogens with one attached hydrogen (secondary N) is 1. The minimum absolute atomic E-state index is 0.324. The van der Waals surface area contributed by atoms with Crippen LogP contribution in [0.3, 0.4) is 0 Å². The summed E-state index contributed by atoms with van der Waals surface area (Å²) in [6.45, 7) is 0. The van der Waals surface area contributed by atoms with E-state index in [1.807, 2.05) is 30.3 Å². The molecule has 0 radical (unpaired) electrons. The van der Waals surface area contributed by atoms with Crippen molar-refractivity contribution < 1.29 is 8.42 Å². The van der Waals surface area contributed by atoms with Crippen molar-refractivity contribution in [1.82, 2.24) is 9.97 Å². The molecule has 0 spiro atoms. The van der Waals surface area contributed by atoms with Gasteiger partial charge in [-0.1, -0.05) is 41.1 Å². The summed E-state index contributed by atoms with van der Waals surface area (Å²) in [5.74, 6) is 0. The Balaban J connectivity index is 2.07. The van der Waals surface area contributed by atoms with Crippen molar-refractivity contribution in [1.29, 1.82) is 0 Å². The third-order valence-corrected chi connectivity index (χ3v) is 5.00. The van der Waals surface area contributed by atoms with E-state index >= 15 is 0 Å². The summed E-state index contributed by atoms with van der Waals surface area (Å²) in [5, 5.41) is 0.949. The van der Waals surface area contributed by atoms with Gasteiger partial charge in [0.1, 0.15) is 0 Å². The molecule has 118 valence electrons. The highest BCUT2D eigenvalue weighted by atomic mass is 35.5. The van der Waals surface area contributed by atoms with Crippen LogP contribution in [-0.4, -0.2) is 24.6 Å². The molecule has 3 aromatic rings. The second-order valence-electron chi connectivity index (χ2n) is 4.80. The van der Waals surface area contributed by atoms with Crippen LogP contribution in [0.15, 0.2) is 48.9 Å². The lowest BCUT2D eigenvalue weighted by molar-refractivity contribution is 0.607. The van der Waals surface area contributed by atoms with Gasteiger partial charge in [-0.05, 0) is 12.1 Å². The quantitative estimate of drug-likeness (QED) is 0.761. The first-order valence-corrected chi connectivity index (χ1v) is 9.65. The fourth-order valence-corrected chi connectivity index (χ4v) is 4.04. The molecule has 0 saturated heterocycles. The Kier molecular flexibility index (Phi) is 4.34. The first-order chi connectivity index (χ1) is 10.9. The molecular formula is C15H12ClN3O2S2.